The molecule has 0 unspecified atom stereocenters. The Morgan fingerprint density at radius 3 is 2.25 bits per heavy atom. The van der Waals surface area contributed by atoms with Crippen molar-refractivity contribution in [2.45, 2.75) is 53.8 Å². The van der Waals surface area contributed by atoms with E-state index in [9.17, 15) is 0 Å². The van der Waals surface area contributed by atoms with Crippen LogP contribution in [0, 0.1) is 0 Å². The van der Waals surface area contributed by atoms with Gasteiger partial charge in [0, 0.05) is 5.57 Å². The second kappa shape index (κ2) is 5.78. The lowest BCUT2D eigenvalue weighted by Crippen LogP contribution is -2.10. The van der Waals surface area contributed by atoms with Gasteiger partial charge in [-0.15, -0.1) is 0 Å². The van der Waals surface area contributed by atoms with E-state index in [-0.39, 0.29) is 6.29 Å². The van der Waals surface area contributed by atoms with Crippen LogP contribution in [-0.4, -0.2) is 6.29 Å². The fraction of sp³-hybridized carbons (Fsp3) is 0.571. The quantitative estimate of drug-likeness (QED) is 0.660. The molecule has 0 atom stereocenters. The van der Waals surface area contributed by atoms with E-state index in [1.54, 1.807) is 0 Å². The monoisotopic (exact) mass is 222 g/mol. The van der Waals surface area contributed by atoms with Crippen molar-refractivity contribution in [3.63, 3.8) is 0 Å². The molecule has 0 spiro atoms. The van der Waals surface area contributed by atoms with E-state index >= 15 is 0 Å². The standard InChI is InChI=1S/C14H22O2/c1-6-10(2)8-7-9-11(3)14-15-12(4)13(5)16-14/h6,9,14H,7-8H2,1-5H3/b10-6+,11-9+. The minimum atomic E-state index is -0.203. The van der Waals surface area contributed by atoms with E-state index in [0.29, 0.717) is 0 Å². The molecular weight excluding hydrogens is 200 g/mol. The second-order valence-electron chi connectivity index (χ2n) is 4.30. The summed E-state index contributed by atoms with van der Waals surface area (Å²) in [5, 5.41) is 0. The summed E-state index contributed by atoms with van der Waals surface area (Å²) in [6, 6.07) is 0. The molecule has 0 amide bonds. The first-order valence-corrected chi connectivity index (χ1v) is 5.83. The molecule has 16 heavy (non-hydrogen) atoms. The van der Waals surface area contributed by atoms with Crippen LogP contribution in [-0.2, 0) is 9.47 Å². The van der Waals surface area contributed by atoms with Gasteiger partial charge in [-0.25, -0.2) is 0 Å². The highest BCUT2D eigenvalue weighted by Gasteiger charge is 2.22. The fourth-order valence-corrected chi connectivity index (χ4v) is 1.47. The van der Waals surface area contributed by atoms with Crippen LogP contribution in [0.5, 0.6) is 0 Å². The molecule has 0 bridgehead atoms. The van der Waals surface area contributed by atoms with Crippen LogP contribution in [0.25, 0.3) is 0 Å². The predicted molar refractivity (Wildman–Crippen MR) is 66.8 cm³/mol. The Morgan fingerprint density at radius 1 is 1.19 bits per heavy atom. The molecule has 0 aromatic rings. The highest BCUT2D eigenvalue weighted by Crippen LogP contribution is 2.25. The molecule has 0 aliphatic carbocycles. The summed E-state index contributed by atoms with van der Waals surface area (Å²) in [5.74, 6) is 1.78. The first-order valence-electron chi connectivity index (χ1n) is 5.83. The van der Waals surface area contributed by atoms with Crippen molar-refractivity contribution in [3.05, 3.63) is 34.8 Å². The number of hydrogen-bond donors (Lipinski definition) is 0. The van der Waals surface area contributed by atoms with Gasteiger partial charge in [-0.2, -0.15) is 0 Å². The minimum absolute atomic E-state index is 0.203. The van der Waals surface area contributed by atoms with Gasteiger partial charge >= 0.3 is 0 Å². The minimum Gasteiger partial charge on any atom is -0.452 e. The zero-order valence-electron chi connectivity index (χ0n) is 11.0. The molecule has 0 N–H and O–H groups in total. The summed E-state index contributed by atoms with van der Waals surface area (Å²) in [4.78, 5) is 0. The molecule has 2 heteroatoms. The first-order chi connectivity index (χ1) is 7.54. The lowest BCUT2D eigenvalue weighted by atomic mass is 10.1. The molecule has 1 aliphatic rings. The third-order valence-corrected chi connectivity index (χ3v) is 2.93. The molecule has 0 saturated carbocycles. The molecule has 90 valence electrons. The van der Waals surface area contributed by atoms with Gasteiger partial charge in [-0.3, -0.25) is 0 Å². The molecule has 0 aromatic carbocycles. The van der Waals surface area contributed by atoms with Crippen molar-refractivity contribution < 1.29 is 9.47 Å². The Labute approximate surface area is 98.6 Å². The topological polar surface area (TPSA) is 18.5 Å². The van der Waals surface area contributed by atoms with Crippen molar-refractivity contribution in [1.29, 1.82) is 0 Å². The summed E-state index contributed by atoms with van der Waals surface area (Å²) in [7, 11) is 0. The maximum Gasteiger partial charge on any atom is 0.262 e. The Bertz CT molecular complexity index is 321. The Hall–Kier alpha value is -1.18. The van der Waals surface area contributed by atoms with Crippen LogP contribution in [0.2, 0.25) is 0 Å². The summed E-state index contributed by atoms with van der Waals surface area (Å²) in [5.41, 5.74) is 2.57. The molecule has 0 saturated heterocycles. The van der Waals surface area contributed by atoms with Gasteiger partial charge in [-0.1, -0.05) is 17.7 Å². The van der Waals surface area contributed by atoms with Crippen molar-refractivity contribution >= 4 is 0 Å². The van der Waals surface area contributed by atoms with Gasteiger partial charge in [0.05, 0.1) is 0 Å². The summed E-state index contributed by atoms with van der Waals surface area (Å²) in [6.07, 6.45) is 6.30. The number of allylic oxidation sites excluding steroid dienone is 5. The van der Waals surface area contributed by atoms with Gasteiger partial charge in [0.15, 0.2) is 0 Å². The number of hydrogen-bond acceptors (Lipinski definition) is 2. The van der Waals surface area contributed by atoms with Gasteiger partial charge < -0.3 is 9.47 Å². The Kier molecular flexibility index (Phi) is 4.66. The van der Waals surface area contributed by atoms with E-state index < -0.39 is 0 Å². The number of rotatable bonds is 4. The average molecular weight is 222 g/mol. The lowest BCUT2D eigenvalue weighted by Gasteiger charge is -2.12. The van der Waals surface area contributed by atoms with Gasteiger partial charge in [0.25, 0.3) is 6.29 Å². The van der Waals surface area contributed by atoms with Crippen molar-refractivity contribution in [2.75, 3.05) is 0 Å². The van der Waals surface area contributed by atoms with Crippen LogP contribution in [0.1, 0.15) is 47.5 Å². The molecular formula is C14H22O2. The SMILES string of the molecule is C/C=C(\C)CC/C=C(\C)C1OC(C)=C(C)O1. The highest BCUT2D eigenvalue weighted by molar-refractivity contribution is 5.11. The normalized spacial score (nSPS) is 18.8. The average Bonchev–Trinajstić information content (AvgIpc) is 2.59. The maximum absolute atomic E-state index is 5.59. The fourth-order valence-electron chi connectivity index (χ4n) is 1.47. The van der Waals surface area contributed by atoms with E-state index in [1.165, 1.54) is 5.57 Å². The maximum atomic E-state index is 5.59. The van der Waals surface area contributed by atoms with Gasteiger partial charge in [0.2, 0.25) is 0 Å². The summed E-state index contributed by atoms with van der Waals surface area (Å²) >= 11 is 0. The van der Waals surface area contributed by atoms with E-state index in [4.69, 9.17) is 9.47 Å². The van der Waals surface area contributed by atoms with E-state index in [1.807, 2.05) is 13.8 Å². The van der Waals surface area contributed by atoms with E-state index in [0.717, 1.165) is 29.9 Å². The molecule has 0 aromatic heterocycles. The Balaban J connectivity index is 2.42. The van der Waals surface area contributed by atoms with Crippen molar-refractivity contribution in [1.82, 2.24) is 0 Å². The highest BCUT2D eigenvalue weighted by atomic mass is 16.7. The van der Waals surface area contributed by atoms with Crippen molar-refractivity contribution in [2.24, 2.45) is 0 Å². The Morgan fingerprint density at radius 2 is 1.75 bits per heavy atom. The first kappa shape index (κ1) is 12.9. The third-order valence-electron chi connectivity index (χ3n) is 2.93. The van der Waals surface area contributed by atoms with Gasteiger partial charge in [-0.05, 0) is 47.5 Å². The second-order valence-corrected chi connectivity index (χ2v) is 4.30. The van der Waals surface area contributed by atoms with Gasteiger partial charge in [0.1, 0.15) is 11.5 Å². The van der Waals surface area contributed by atoms with Crippen LogP contribution < -0.4 is 0 Å². The zero-order valence-corrected chi connectivity index (χ0v) is 11.0. The van der Waals surface area contributed by atoms with Crippen LogP contribution in [0.15, 0.2) is 34.8 Å². The summed E-state index contributed by atoms with van der Waals surface area (Å²) < 4.78 is 11.2. The largest absolute Gasteiger partial charge is 0.452 e. The predicted octanol–water partition coefficient (Wildman–Crippen LogP) is 4.30. The van der Waals surface area contributed by atoms with Crippen LogP contribution >= 0.6 is 0 Å². The summed E-state index contributed by atoms with van der Waals surface area (Å²) in [6.45, 7) is 10.2. The number of ether oxygens (including phenoxy) is 2. The smallest absolute Gasteiger partial charge is 0.262 e. The van der Waals surface area contributed by atoms with Crippen molar-refractivity contribution in [3.8, 4) is 0 Å². The van der Waals surface area contributed by atoms with Crippen LogP contribution in [0.4, 0.5) is 0 Å². The third kappa shape index (κ3) is 3.44. The molecule has 2 nitrogen and oxygen atoms in total. The molecule has 0 radical (unpaired) electrons. The molecule has 0 fully saturated rings. The van der Waals surface area contributed by atoms with E-state index in [2.05, 4.69) is 32.9 Å². The lowest BCUT2D eigenvalue weighted by molar-refractivity contribution is -0.00777. The molecule has 1 heterocycles. The zero-order chi connectivity index (χ0) is 12.1. The molecule has 1 aliphatic heterocycles. The molecule has 1 rings (SSSR count). The van der Waals surface area contributed by atoms with Crippen LogP contribution in [0.3, 0.4) is 0 Å².